The van der Waals surface area contributed by atoms with E-state index in [1.165, 1.54) is 11.1 Å². The third-order valence-electron chi connectivity index (χ3n) is 2.69. The van der Waals surface area contributed by atoms with E-state index in [9.17, 15) is 0 Å². The molecule has 3 N–H and O–H groups in total. The Morgan fingerprint density at radius 1 is 0.750 bits per heavy atom. The van der Waals surface area contributed by atoms with Crippen LogP contribution in [0.3, 0.4) is 0 Å². The molecule has 0 bridgehead atoms. The van der Waals surface area contributed by atoms with Crippen LogP contribution in [0.25, 0.3) is 0 Å². The molecule has 0 aliphatic heterocycles. The second-order valence-corrected chi connectivity index (χ2v) is 173. The number of halogens is 4. The molecule has 0 saturated carbocycles. The quantitative estimate of drug-likeness (QED) is 0.324. The van der Waals surface area contributed by atoms with Crippen LogP contribution in [0.4, 0.5) is 0 Å². The number of rotatable bonds is 3. The Bertz CT molecular complexity index is 442. The Balaban J connectivity index is 0.000000347. The molecule has 0 fully saturated rings. The van der Waals surface area contributed by atoms with Crippen LogP contribution >= 0.6 is 71.0 Å². The molecule has 0 atom stereocenters. The van der Waals surface area contributed by atoms with Crippen LogP contribution < -0.4 is 5.73 Å². The van der Waals surface area contributed by atoms with E-state index in [4.69, 9.17) is 0 Å². The first kappa shape index (κ1) is 20.3. The van der Waals surface area contributed by atoms with Gasteiger partial charge in [0.1, 0.15) is 0 Å². The molecule has 0 unspecified atom stereocenters. The molecule has 0 amide bonds. The van der Waals surface area contributed by atoms with Gasteiger partial charge in [0.05, 0.1) is 12.5 Å². The topological polar surface area (TPSA) is 27.6 Å². The third-order valence-corrected chi connectivity index (χ3v) is 2.69. The molecule has 0 radical (unpaired) electrons. The van der Waals surface area contributed by atoms with Crippen LogP contribution in [0.2, 0.25) is 0 Å². The first-order valence-electron chi connectivity index (χ1n) is 6.06. The maximum atomic E-state index is 4.04. The Morgan fingerprint density at radius 2 is 1.05 bits per heavy atom. The van der Waals surface area contributed by atoms with Gasteiger partial charge in [-0.15, -0.1) is 0 Å². The van der Waals surface area contributed by atoms with Gasteiger partial charge in [-0.05, 0) is 11.1 Å². The van der Waals surface area contributed by atoms with Crippen LogP contribution in [0.15, 0.2) is 60.7 Å². The van der Waals surface area contributed by atoms with Gasteiger partial charge in [-0.3, -0.25) is 0 Å². The van der Waals surface area contributed by atoms with Crippen molar-refractivity contribution in [3.8, 4) is 0 Å². The van der Waals surface area contributed by atoms with Crippen molar-refractivity contribution in [2.45, 2.75) is 5.92 Å². The Hall–Kier alpha value is 2.24. The summed E-state index contributed by atoms with van der Waals surface area (Å²) in [5.74, 6) is 0.424. The maximum Gasteiger partial charge on any atom is 0.0850 e. The van der Waals surface area contributed by atoms with Crippen LogP contribution in [-0.4, -0.2) is 10.5 Å². The second kappa shape index (κ2) is 10.9. The molecule has 0 aliphatic rings. The van der Waals surface area contributed by atoms with E-state index in [1.807, 2.05) is 0 Å². The monoisotopic (exact) mass is 914 g/mol. The van der Waals surface area contributed by atoms with Crippen molar-refractivity contribution in [2.75, 3.05) is 6.54 Å². The van der Waals surface area contributed by atoms with Gasteiger partial charge in [0.25, 0.3) is 0 Å². The van der Waals surface area contributed by atoms with Crippen molar-refractivity contribution >= 4 is 75.0 Å². The average Bonchev–Trinajstić information content (AvgIpc) is 2.40. The SMILES string of the molecule is [I][Pb]([I])([I])[I].[NH3+]CC(c1ccccc1)c1ccccc1. The molecule has 0 heterocycles. The van der Waals surface area contributed by atoms with Crippen molar-refractivity contribution in [2.24, 2.45) is 0 Å². The summed E-state index contributed by atoms with van der Waals surface area (Å²) in [6.45, 7) is 0.897. The smallest absolute Gasteiger partial charge is 0.0850 e. The fourth-order valence-electron chi connectivity index (χ4n) is 1.90. The molecule has 0 spiro atoms. The van der Waals surface area contributed by atoms with Gasteiger partial charge in [-0.1, -0.05) is 60.7 Å². The zero-order chi connectivity index (χ0) is 15.0. The van der Waals surface area contributed by atoms with Crippen LogP contribution in [0.5, 0.6) is 0 Å². The fraction of sp³-hybridized carbons (Fsp3) is 0.143. The number of hydrogen-bond donors (Lipinski definition) is 1. The number of benzene rings is 2. The molecule has 0 aliphatic carbocycles. The summed E-state index contributed by atoms with van der Waals surface area (Å²) in [4.78, 5) is 0. The summed E-state index contributed by atoms with van der Waals surface area (Å²) in [5, 5.41) is 0. The second-order valence-electron chi connectivity index (χ2n) is 4.09. The summed E-state index contributed by atoms with van der Waals surface area (Å²) in [6.07, 6.45) is 0. The molecule has 2 aromatic rings. The Kier molecular flexibility index (Phi) is 11.1. The van der Waals surface area contributed by atoms with Crippen molar-refractivity contribution in [1.29, 1.82) is 0 Å². The molecular weight excluding hydrogens is 897 g/mol. The van der Waals surface area contributed by atoms with E-state index < -0.39 is 4.00 Å². The van der Waals surface area contributed by atoms with Gasteiger partial charge < -0.3 is 5.73 Å². The van der Waals surface area contributed by atoms with Crippen LogP contribution in [-0.2, 0) is 0 Å². The predicted octanol–water partition coefficient (Wildman–Crippen LogP) is 5.22. The van der Waals surface area contributed by atoms with Crippen LogP contribution in [0.1, 0.15) is 17.0 Å². The van der Waals surface area contributed by atoms with Gasteiger partial charge in [0.2, 0.25) is 0 Å². The zero-order valence-electron chi connectivity index (χ0n) is 10.8. The molecule has 2 aromatic carbocycles. The molecule has 0 aromatic heterocycles. The van der Waals surface area contributed by atoms with Crippen LogP contribution in [0, 0.1) is 0 Å². The summed E-state index contributed by atoms with van der Waals surface area (Å²) in [5.41, 5.74) is 6.73. The van der Waals surface area contributed by atoms with E-state index in [1.54, 1.807) is 0 Å². The fourth-order valence-corrected chi connectivity index (χ4v) is 1.90. The first-order chi connectivity index (χ1) is 9.42. The zero-order valence-corrected chi connectivity index (χ0v) is 23.3. The molecule has 2 rings (SSSR count). The minimum absolute atomic E-state index is 0.424. The molecule has 20 heavy (non-hydrogen) atoms. The first-order valence-corrected chi connectivity index (χ1v) is 49.8. The largest absolute Gasteiger partial charge is 0.357 e. The van der Waals surface area contributed by atoms with Gasteiger partial charge in [0, 0.05) is 0 Å². The van der Waals surface area contributed by atoms with Crippen molar-refractivity contribution in [3.05, 3.63) is 71.8 Å². The molecule has 1 nitrogen and oxygen atoms in total. The molecule has 108 valence electrons. The maximum absolute atomic E-state index is 4.04. The van der Waals surface area contributed by atoms with Gasteiger partial charge >= 0.3 is 75.0 Å². The summed E-state index contributed by atoms with van der Waals surface area (Å²) in [6, 6.07) is 21.1. The van der Waals surface area contributed by atoms with Crippen molar-refractivity contribution < 1.29 is 5.73 Å². The van der Waals surface area contributed by atoms with E-state index in [0.717, 1.165) is 6.54 Å². The van der Waals surface area contributed by atoms with E-state index in [-0.39, 0.29) is 0 Å². The molecule has 0 saturated heterocycles. The summed E-state index contributed by atoms with van der Waals surface area (Å²) >= 11 is 10.2. The van der Waals surface area contributed by atoms with E-state index in [0.29, 0.717) is 5.92 Å². The summed E-state index contributed by atoms with van der Waals surface area (Å²) < 4.78 is -1.40. The van der Waals surface area contributed by atoms with E-state index in [2.05, 4.69) is 137 Å². The van der Waals surface area contributed by atoms with Gasteiger partial charge in [-0.2, -0.15) is 0 Å². The van der Waals surface area contributed by atoms with E-state index >= 15 is 0 Å². The Morgan fingerprint density at radius 3 is 1.30 bits per heavy atom. The summed E-state index contributed by atoms with van der Waals surface area (Å²) in [7, 11) is 0. The predicted molar refractivity (Wildman–Crippen MR) is 124 cm³/mol. The van der Waals surface area contributed by atoms with Crippen molar-refractivity contribution in [1.82, 2.24) is 0 Å². The minimum atomic E-state index is -1.40. The molecule has 6 heteroatoms. The third kappa shape index (κ3) is 9.40. The number of quaternary nitrogens is 1. The van der Waals surface area contributed by atoms with Gasteiger partial charge in [0.15, 0.2) is 0 Å². The standard InChI is InChI=1S/C14H15N.4HI.Pb/c15-11-14(12-7-3-1-4-8-12)13-9-5-2-6-10-13;;;;;/h1-10,14H,11,15H2;4*1H;/q;;;;;+4/p-3. The Labute approximate surface area is 161 Å². The van der Waals surface area contributed by atoms with Gasteiger partial charge in [-0.25, -0.2) is 0 Å². The number of hydrogen-bond acceptors (Lipinski definition) is 0. The molecular formula is C14H16I4NPb+. The van der Waals surface area contributed by atoms with Crippen molar-refractivity contribution in [3.63, 3.8) is 0 Å². The average molecular weight is 913 g/mol. The minimum Gasteiger partial charge on any atom is -0.357 e. The normalized spacial score (nSPS) is 10.9.